The Balaban J connectivity index is 2.16. The molecule has 2 nitrogen and oxygen atoms in total. The van der Waals surface area contributed by atoms with E-state index in [1.807, 2.05) is 19.2 Å². The highest BCUT2D eigenvalue weighted by Gasteiger charge is 2.10. The van der Waals surface area contributed by atoms with Gasteiger partial charge in [0.2, 0.25) is 0 Å². The lowest BCUT2D eigenvalue weighted by Crippen LogP contribution is -1.84. The van der Waals surface area contributed by atoms with E-state index in [2.05, 4.69) is 27.6 Å². The second kappa shape index (κ2) is 6.38. The summed E-state index contributed by atoms with van der Waals surface area (Å²) in [6.45, 7) is 4.89. The van der Waals surface area contributed by atoms with Gasteiger partial charge in [0.15, 0.2) is 0 Å². The Labute approximate surface area is 120 Å². The molecule has 1 atom stereocenters. The number of hydrogen-bond donors (Lipinski definition) is 1. The minimum absolute atomic E-state index is 0.243. The number of benzene rings is 1. The van der Waals surface area contributed by atoms with Gasteiger partial charge < -0.3 is 9.51 Å². The molecule has 0 bridgehead atoms. The van der Waals surface area contributed by atoms with E-state index in [-0.39, 0.29) is 5.82 Å². The Kier molecular flexibility index (Phi) is 5.07. The van der Waals surface area contributed by atoms with E-state index in [4.69, 9.17) is 4.52 Å². The van der Waals surface area contributed by atoms with Crippen LogP contribution in [0.3, 0.4) is 0 Å². The summed E-state index contributed by atoms with van der Waals surface area (Å²) in [6, 6.07) is 3.34. The molecule has 0 saturated carbocycles. The third kappa shape index (κ3) is 3.27. The van der Waals surface area contributed by atoms with Crippen molar-refractivity contribution in [2.75, 3.05) is 18.8 Å². The van der Waals surface area contributed by atoms with Gasteiger partial charge in [-0.1, -0.05) is 0 Å². The number of nitrogens with one attached hydrogen (secondary N) is 1. The lowest BCUT2D eigenvalue weighted by molar-refractivity contribution is 0.383. The van der Waals surface area contributed by atoms with Crippen LogP contribution in [0.1, 0.15) is 6.92 Å². The van der Waals surface area contributed by atoms with Crippen LogP contribution >= 0.6 is 35.8 Å². The van der Waals surface area contributed by atoms with E-state index in [0.717, 1.165) is 27.9 Å². The largest absolute Gasteiger partial charge is 0.360 e. The van der Waals surface area contributed by atoms with Crippen molar-refractivity contribution in [1.29, 1.82) is 0 Å². The van der Waals surface area contributed by atoms with Crippen LogP contribution < -0.4 is 0 Å². The fourth-order valence-corrected chi connectivity index (χ4v) is 4.46. The van der Waals surface area contributed by atoms with Crippen molar-refractivity contribution in [2.24, 2.45) is 0 Å². The van der Waals surface area contributed by atoms with Gasteiger partial charge in [-0.15, -0.1) is 11.8 Å². The molecule has 2 rings (SSSR count). The highest BCUT2D eigenvalue weighted by atomic mass is 79.9. The predicted molar refractivity (Wildman–Crippen MR) is 81.2 cm³/mol. The minimum atomic E-state index is -0.391. The number of H-pyrrole nitrogens is 1. The summed E-state index contributed by atoms with van der Waals surface area (Å²) in [6.07, 6.45) is 1.93. The molecule has 0 fully saturated rings. The summed E-state index contributed by atoms with van der Waals surface area (Å²) in [5.74, 6) is -0.243. The first-order valence-corrected chi connectivity index (χ1v) is 9.22. The highest BCUT2D eigenvalue weighted by Crippen LogP contribution is 2.41. The molecule has 0 spiro atoms. The Bertz CT molecular complexity index is 548. The molecule has 0 aliphatic carbocycles. The van der Waals surface area contributed by atoms with Crippen molar-refractivity contribution < 1.29 is 8.91 Å². The molecule has 6 heteroatoms. The van der Waals surface area contributed by atoms with Gasteiger partial charge in [-0.2, -0.15) is 0 Å². The Hall–Kier alpha value is -0.0900. The van der Waals surface area contributed by atoms with Gasteiger partial charge >= 0.3 is 0 Å². The molecule has 0 amide bonds. The van der Waals surface area contributed by atoms with Crippen LogP contribution in [0.4, 0.5) is 4.39 Å². The third-order valence-corrected chi connectivity index (χ3v) is 6.36. The summed E-state index contributed by atoms with van der Waals surface area (Å²) < 4.78 is 19.4. The van der Waals surface area contributed by atoms with Crippen LogP contribution in [0.2, 0.25) is 0 Å². The van der Waals surface area contributed by atoms with Crippen LogP contribution in [0.5, 0.6) is 0 Å². The van der Waals surface area contributed by atoms with Gasteiger partial charge in [0.1, 0.15) is 5.82 Å². The summed E-state index contributed by atoms with van der Waals surface area (Å²) in [4.78, 5) is 4.24. The topological polar surface area (TPSA) is 25.0 Å². The second-order valence-corrected chi connectivity index (χ2v) is 7.91. The summed E-state index contributed by atoms with van der Waals surface area (Å²) in [5.41, 5.74) is 1.78. The van der Waals surface area contributed by atoms with E-state index in [9.17, 15) is 4.39 Å². The maximum Gasteiger partial charge on any atom is 0.139 e. The Morgan fingerprint density at radius 1 is 1.50 bits per heavy atom. The van der Waals surface area contributed by atoms with Crippen LogP contribution in [0.15, 0.2) is 27.7 Å². The van der Waals surface area contributed by atoms with E-state index < -0.39 is 8.15 Å². The number of fused-ring (bicyclic) bond motifs is 1. The molecule has 1 aromatic heterocycles. The van der Waals surface area contributed by atoms with Crippen molar-refractivity contribution in [1.82, 2.24) is 4.98 Å². The SMILES string of the molecule is CCOP(C)CSc1c[nH]c2cc(F)c(Br)cc12. The number of thioether (sulfide) groups is 1. The van der Waals surface area contributed by atoms with Crippen molar-refractivity contribution in [3.63, 3.8) is 0 Å². The van der Waals surface area contributed by atoms with E-state index >= 15 is 0 Å². The average molecular weight is 350 g/mol. The van der Waals surface area contributed by atoms with E-state index in [0.29, 0.717) is 4.47 Å². The Morgan fingerprint density at radius 2 is 2.28 bits per heavy atom. The highest BCUT2D eigenvalue weighted by molar-refractivity contribution is 9.10. The number of hydrogen-bond acceptors (Lipinski definition) is 2. The quantitative estimate of drug-likeness (QED) is 0.594. The maximum absolute atomic E-state index is 13.4. The monoisotopic (exact) mass is 349 g/mol. The molecular formula is C12H14BrFNOPS. The van der Waals surface area contributed by atoms with E-state index in [1.54, 1.807) is 11.8 Å². The molecule has 1 N–H and O–H groups in total. The normalized spacial score (nSPS) is 13.1. The number of rotatable bonds is 5. The van der Waals surface area contributed by atoms with Gasteiger partial charge in [0.25, 0.3) is 0 Å². The molecule has 0 saturated heterocycles. The smallest absolute Gasteiger partial charge is 0.139 e. The van der Waals surface area contributed by atoms with Gasteiger partial charge in [0.05, 0.1) is 4.47 Å². The lowest BCUT2D eigenvalue weighted by atomic mass is 10.2. The fourth-order valence-electron chi connectivity index (χ4n) is 1.63. The Morgan fingerprint density at radius 3 is 3.00 bits per heavy atom. The maximum atomic E-state index is 13.4. The molecule has 0 aliphatic heterocycles. The van der Waals surface area contributed by atoms with Crippen LogP contribution in [0, 0.1) is 5.82 Å². The van der Waals surface area contributed by atoms with Gasteiger partial charge in [-0.3, -0.25) is 0 Å². The zero-order chi connectivity index (χ0) is 13.1. The molecule has 1 heterocycles. The summed E-state index contributed by atoms with van der Waals surface area (Å²) in [5, 5.41) is 1.05. The standard InChI is InChI=1S/C12H14BrFNOPS/c1-3-16-17(2)7-18-12-6-15-11-5-10(14)9(13)4-8(11)12/h4-6,15H,3,7H2,1-2H3. The first-order chi connectivity index (χ1) is 8.61. The fraction of sp³-hybridized carbons (Fsp3) is 0.333. The van der Waals surface area contributed by atoms with Crippen LogP contribution in [-0.4, -0.2) is 23.7 Å². The van der Waals surface area contributed by atoms with Crippen molar-refractivity contribution in [3.8, 4) is 0 Å². The van der Waals surface area contributed by atoms with Gasteiger partial charge in [0, 0.05) is 42.2 Å². The number of aromatic amines is 1. The summed E-state index contributed by atoms with van der Waals surface area (Å²) in [7, 11) is -0.391. The van der Waals surface area contributed by atoms with Crippen molar-refractivity contribution in [3.05, 3.63) is 28.6 Å². The van der Waals surface area contributed by atoms with Gasteiger partial charge in [-0.05, 0) is 41.7 Å². The number of halogens is 2. The average Bonchev–Trinajstić information content (AvgIpc) is 2.70. The molecule has 1 unspecified atom stereocenters. The molecule has 98 valence electrons. The van der Waals surface area contributed by atoms with Crippen molar-refractivity contribution in [2.45, 2.75) is 11.8 Å². The number of aromatic nitrogens is 1. The molecule has 2 aromatic rings. The molecule has 1 aromatic carbocycles. The molecule has 0 aliphatic rings. The first-order valence-electron chi connectivity index (χ1n) is 5.54. The minimum Gasteiger partial charge on any atom is -0.360 e. The molecule has 0 radical (unpaired) electrons. The van der Waals surface area contributed by atoms with Crippen LogP contribution in [0.25, 0.3) is 10.9 Å². The summed E-state index contributed by atoms with van der Waals surface area (Å²) >= 11 is 4.97. The van der Waals surface area contributed by atoms with E-state index in [1.165, 1.54) is 6.07 Å². The lowest BCUT2D eigenvalue weighted by Gasteiger charge is -2.10. The second-order valence-electron chi connectivity index (χ2n) is 3.78. The van der Waals surface area contributed by atoms with Crippen molar-refractivity contribution >= 4 is 46.7 Å². The zero-order valence-corrected chi connectivity index (χ0v) is 13.5. The third-order valence-electron chi connectivity index (χ3n) is 2.44. The molecular weight excluding hydrogens is 336 g/mol. The first kappa shape index (κ1) is 14.3. The molecule has 18 heavy (non-hydrogen) atoms. The van der Waals surface area contributed by atoms with Crippen LogP contribution in [-0.2, 0) is 4.52 Å². The predicted octanol–water partition coefficient (Wildman–Crippen LogP) is 5.18. The zero-order valence-electron chi connectivity index (χ0n) is 10.2. The van der Waals surface area contributed by atoms with Gasteiger partial charge in [-0.25, -0.2) is 4.39 Å².